The molecule has 0 unspecified atom stereocenters. The van der Waals surface area contributed by atoms with Crippen LogP contribution in [0.15, 0.2) is 66.7 Å². The summed E-state index contributed by atoms with van der Waals surface area (Å²) >= 11 is 0. The Hall–Kier alpha value is -3.93. The Morgan fingerprint density at radius 1 is 0.839 bits per heavy atom. The Bertz CT molecular complexity index is 1190. The number of nitrogens with one attached hydrogen (secondary N) is 1. The number of rotatable bonds is 8. The second-order valence-corrected chi connectivity index (χ2v) is 6.95. The molecule has 0 aliphatic heterocycles. The Labute approximate surface area is 180 Å². The maximum Gasteiger partial charge on any atom is 0.209 e. The van der Waals surface area contributed by atoms with Gasteiger partial charge < -0.3 is 23.9 Å². The van der Waals surface area contributed by atoms with Crippen LogP contribution in [0.25, 0.3) is 10.9 Å². The Morgan fingerprint density at radius 3 is 2.19 bits per heavy atom. The number of fused-ring (bicyclic) bond motifs is 1. The van der Waals surface area contributed by atoms with E-state index in [-0.39, 0.29) is 5.78 Å². The topological polar surface area (TPSA) is 69.8 Å². The lowest BCUT2D eigenvalue weighted by Crippen LogP contribution is -2.04. The normalized spacial score (nSPS) is 10.7. The van der Waals surface area contributed by atoms with Gasteiger partial charge in [-0.1, -0.05) is 30.3 Å². The first-order valence-electron chi connectivity index (χ1n) is 9.77. The van der Waals surface area contributed by atoms with E-state index in [0.29, 0.717) is 35.1 Å². The minimum absolute atomic E-state index is 0.179. The van der Waals surface area contributed by atoms with E-state index in [1.807, 2.05) is 54.6 Å². The van der Waals surface area contributed by atoms with Gasteiger partial charge in [0.15, 0.2) is 11.5 Å². The summed E-state index contributed by atoms with van der Waals surface area (Å²) in [7, 11) is 4.56. The predicted molar refractivity (Wildman–Crippen MR) is 119 cm³/mol. The number of aromatic nitrogens is 1. The number of hydrogen-bond acceptors (Lipinski definition) is 5. The molecule has 0 radical (unpaired) electrons. The third-order valence-electron chi connectivity index (χ3n) is 5.01. The van der Waals surface area contributed by atoms with Gasteiger partial charge in [0.05, 0.1) is 27.0 Å². The molecule has 31 heavy (non-hydrogen) atoms. The van der Waals surface area contributed by atoms with Crippen LogP contribution >= 0.6 is 0 Å². The third kappa shape index (κ3) is 4.19. The van der Waals surface area contributed by atoms with Gasteiger partial charge in [-0.05, 0) is 42.0 Å². The van der Waals surface area contributed by atoms with Crippen LogP contribution < -0.4 is 18.9 Å². The summed E-state index contributed by atoms with van der Waals surface area (Å²) in [6.45, 7) is 0.480. The van der Waals surface area contributed by atoms with E-state index in [4.69, 9.17) is 18.9 Å². The lowest BCUT2D eigenvalue weighted by Gasteiger charge is -2.13. The van der Waals surface area contributed by atoms with Crippen LogP contribution in [-0.2, 0) is 6.61 Å². The van der Waals surface area contributed by atoms with E-state index in [1.165, 1.54) is 21.3 Å². The van der Waals surface area contributed by atoms with Crippen LogP contribution in [0, 0.1) is 0 Å². The number of benzene rings is 3. The second-order valence-electron chi connectivity index (χ2n) is 6.95. The molecule has 0 saturated heterocycles. The van der Waals surface area contributed by atoms with E-state index in [9.17, 15) is 4.79 Å². The smallest absolute Gasteiger partial charge is 0.209 e. The van der Waals surface area contributed by atoms with Crippen molar-refractivity contribution in [2.75, 3.05) is 21.3 Å². The molecule has 0 aliphatic rings. The molecule has 0 spiro atoms. The molecule has 4 aromatic rings. The predicted octanol–water partition coefficient (Wildman–Crippen LogP) is 5.00. The Kier molecular flexibility index (Phi) is 5.80. The van der Waals surface area contributed by atoms with Gasteiger partial charge in [-0.2, -0.15) is 0 Å². The van der Waals surface area contributed by atoms with E-state index in [1.54, 1.807) is 12.1 Å². The number of methoxy groups -OCH3 is 3. The molecule has 158 valence electrons. The summed E-state index contributed by atoms with van der Waals surface area (Å²) in [5.41, 5.74) is 2.84. The number of hydrogen-bond donors (Lipinski definition) is 1. The highest BCUT2D eigenvalue weighted by Crippen LogP contribution is 2.38. The molecule has 3 aromatic carbocycles. The fourth-order valence-corrected chi connectivity index (χ4v) is 3.43. The van der Waals surface area contributed by atoms with Crippen molar-refractivity contribution in [3.05, 3.63) is 83.6 Å². The standard InChI is InChI=1S/C25H23NO5/c1-28-22-13-18(14-23(29-2)25(22)30-3)24(27)21-12-17-11-19(9-10-20(17)26-21)31-15-16-7-5-4-6-8-16/h4-14,26H,15H2,1-3H3. The molecule has 0 saturated carbocycles. The maximum absolute atomic E-state index is 13.1. The van der Waals surface area contributed by atoms with Crippen LogP contribution in [0.2, 0.25) is 0 Å². The van der Waals surface area contributed by atoms with Crippen molar-refractivity contribution in [1.82, 2.24) is 4.98 Å². The summed E-state index contributed by atoms with van der Waals surface area (Å²) < 4.78 is 21.9. The largest absolute Gasteiger partial charge is 0.493 e. The van der Waals surface area contributed by atoms with Gasteiger partial charge >= 0.3 is 0 Å². The molecule has 0 fully saturated rings. The summed E-state index contributed by atoms with van der Waals surface area (Å²) in [5, 5.41) is 0.890. The number of carbonyl (C=O) groups is 1. The fraction of sp³-hybridized carbons (Fsp3) is 0.160. The molecule has 1 aromatic heterocycles. The molecular formula is C25H23NO5. The first-order valence-corrected chi connectivity index (χ1v) is 9.77. The second kappa shape index (κ2) is 8.83. The number of ketones is 1. The van der Waals surface area contributed by atoms with Crippen molar-refractivity contribution in [3.63, 3.8) is 0 Å². The quantitative estimate of drug-likeness (QED) is 0.409. The number of H-pyrrole nitrogens is 1. The molecule has 6 nitrogen and oxygen atoms in total. The van der Waals surface area contributed by atoms with Crippen molar-refractivity contribution >= 4 is 16.7 Å². The monoisotopic (exact) mass is 417 g/mol. The van der Waals surface area contributed by atoms with Gasteiger partial charge in [0.2, 0.25) is 11.5 Å². The average molecular weight is 417 g/mol. The zero-order valence-electron chi connectivity index (χ0n) is 17.6. The number of ether oxygens (including phenoxy) is 4. The average Bonchev–Trinajstić information content (AvgIpc) is 3.25. The molecule has 0 amide bonds. The maximum atomic E-state index is 13.1. The molecule has 0 aliphatic carbocycles. The highest BCUT2D eigenvalue weighted by molar-refractivity contribution is 6.10. The van der Waals surface area contributed by atoms with Crippen LogP contribution in [0.4, 0.5) is 0 Å². The third-order valence-corrected chi connectivity index (χ3v) is 5.01. The molecule has 0 bridgehead atoms. The van der Waals surface area contributed by atoms with E-state index in [2.05, 4.69) is 4.98 Å². The van der Waals surface area contributed by atoms with Crippen LogP contribution in [0.3, 0.4) is 0 Å². The Balaban J connectivity index is 1.60. The van der Waals surface area contributed by atoms with Crippen molar-refractivity contribution in [3.8, 4) is 23.0 Å². The molecule has 4 rings (SSSR count). The van der Waals surface area contributed by atoms with Gasteiger partial charge in [0.25, 0.3) is 0 Å². The van der Waals surface area contributed by atoms with Gasteiger partial charge in [-0.25, -0.2) is 0 Å². The van der Waals surface area contributed by atoms with Crippen LogP contribution in [-0.4, -0.2) is 32.1 Å². The lowest BCUT2D eigenvalue weighted by atomic mass is 10.1. The number of carbonyl (C=O) groups excluding carboxylic acids is 1. The van der Waals surface area contributed by atoms with Crippen molar-refractivity contribution in [2.24, 2.45) is 0 Å². The van der Waals surface area contributed by atoms with Crippen LogP contribution in [0.5, 0.6) is 23.0 Å². The first kappa shape index (κ1) is 20.3. The van der Waals surface area contributed by atoms with E-state index in [0.717, 1.165) is 22.2 Å². The molecule has 0 atom stereocenters. The SMILES string of the molecule is COc1cc(C(=O)c2cc3cc(OCc4ccccc4)ccc3[nH]2)cc(OC)c1OC. The van der Waals surface area contributed by atoms with E-state index >= 15 is 0 Å². The molecular weight excluding hydrogens is 394 g/mol. The first-order chi connectivity index (χ1) is 15.1. The highest BCUT2D eigenvalue weighted by atomic mass is 16.5. The minimum atomic E-state index is -0.179. The van der Waals surface area contributed by atoms with Gasteiger partial charge in [-0.3, -0.25) is 4.79 Å². The summed E-state index contributed by atoms with van der Waals surface area (Å²) in [6, 6.07) is 20.8. The highest BCUT2D eigenvalue weighted by Gasteiger charge is 2.19. The molecule has 6 heteroatoms. The Morgan fingerprint density at radius 2 is 1.55 bits per heavy atom. The van der Waals surface area contributed by atoms with Gasteiger partial charge in [0, 0.05) is 16.5 Å². The zero-order chi connectivity index (χ0) is 21.8. The van der Waals surface area contributed by atoms with Gasteiger partial charge in [-0.15, -0.1) is 0 Å². The van der Waals surface area contributed by atoms with Crippen LogP contribution in [0.1, 0.15) is 21.6 Å². The van der Waals surface area contributed by atoms with Gasteiger partial charge in [0.1, 0.15) is 12.4 Å². The number of aromatic amines is 1. The summed E-state index contributed by atoms with van der Waals surface area (Å²) in [6.07, 6.45) is 0. The van der Waals surface area contributed by atoms with Crippen molar-refractivity contribution < 1.29 is 23.7 Å². The zero-order valence-corrected chi connectivity index (χ0v) is 17.6. The molecule has 1 heterocycles. The van der Waals surface area contributed by atoms with Crippen molar-refractivity contribution in [2.45, 2.75) is 6.61 Å². The fourth-order valence-electron chi connectivity index (χ4n) is 3.43. The lowest BCUT2D eigenvalue weighted by molar-refractivity contribution is 0.103. The summed E-state index contributed by atoms with van der Waals surface area (Å²) in [4.78, 5) is 16.3. The van der Waals surface area contributed by atoms with E-state index < -0.39 is 0 Å². The minimum Gasteiger partial charge on any atom is -0.493 e. The summed E-state index contributed by atoms with van der Waals surface area (Å²) in [5.74, 6) is 1.86. The van der Waals surface area contributed by atoms with Crippen molar-refractivity contribution in [1.29, 1.82) is 0 Å². The molecule has 1 N–H and O–H groups in total.